The highest BCUT2D eigenvalue weighted by molar-refractivity contribution is 5.48. The van der Waals surface area contributed by atoms with Gasteiger partial charge in [-0.15, -0.1) is 0 Å². The monoisotopic (exact) mass is 309 g/mol. The summed E-state index contributed by atoms with van der Waals surface area (Å²) in [6.45, 7) is 5.09. The first-order chi connectivity index (χ1) is 11.4. The summed E-state index contributed by atoms with van der Waals surface area (Å²) in [5, 5.41) is 3.38. The van der Waals surface area contributed by atoms with Gasteiger partial charge >= 0.3 is 0 Å². The third kappa shape index (κ3) is 3.01. The van der Waals surface area contributed by atoms with Crippen molar-refractivity contribution in [2.24, 2.45) is 0 Å². The Morgan fingerprint density at radius 2 is 1.74 bits per heavy atom. The first-order valence-electron chi connectivity index (χ1n) is 8.51. The summed E-state index contributed by atoms with van der Waals surface area (Å²) in [5.74, 6) is 2.01. The lowest BCUT2D eigenvalue weighted by Gasteiger charge is -2.30. The molecule has 0 bridgehead atoms. The second-order valence-electron chi connectivity index (χ2n) is 6.23. The van der Waals surface area contributed by atoms with Crippen molar-refractivity contribution in [1.82, 2.24) is 15.3 Å². The van der Waals surface area contributed by atoms with Gasteiger partial charge in [-0.1, -0.05) is 30.3 Å². The molecule has 2 fully saturated rings. The van der Waals surface area contributed by atoms with Gasteiger partial charge < -0.3 is 15.1 Å². The standard InChI is InChI=1S/C18H23N5/c1-2-5-15(6-3-1)16-7-4-10-23(16)18-14-20-13-17(21-18)22-11-8-19-9-12-22/h1-3,5-6,13-14,16,19H,4,7-12H2. The highest BCUT2D eigenvalue weighted by Crippen LogP contribution is 2.35. The molecule has 3 heterocycles. The molecular weight excluding hydrogens is 286 g/mol. The Kier molecular flexibility index (Phi) is 4.11. The van der Waals surface area contributed by atoms with Crippen LogP contribution in [-0.4, -0.2) is 42.7 Å². The van der Waals surface area contributed by atoms with Gasteiger partial charge in [0.1, 0.15) is 11.6 Å². The molecule has 1 unspecified atom stereocenters. The summed E-state index contributed by atoms with van der Waals surface area (Å²) in [6, 6.07) is 11.2. The van der Waals surface area contributed by atoms with Crippen molar-refractivity contribution in [1.29, 1.82) is 0 Å². The number of nitrogens with zero attached hydrogens (tertiary/aromatic N) is 4. The third-order valence-electron chi connectivity index (χ3n) is 4.78. The van der Waals surface area contributed by atoms with Crippen LogP contribution in [-0.2, 0) is 0 Å². The van der Waals surface area contributed by atoms with Gasteiger partial charge in [0.15, 0.2) is 0 Å². The van der Waals surface area contributed by atoms with E-state index >= 15 is 0 Å². The van der Waals surface area contributed by atoms with Gasteiger partial charge in [0.2, 0.25) is 0 Å². The van der Waals surface area contributed by atoms with E-state index in [1.54, 1.807) is 0 Å². The molecule has 2 aliphatic rings. The number of nitrogens with one attached hydrogen (secondary N) is 1. The minimum Gasteiger partial charge on any atom is -0.353 e. The summed E-state index contributed by atoms with van der Waals surface area (Å²) in [7, 11) is 0. The smallest absolute Gasteiger partial charge is 0.150 e. The molecule has 1 N–H and O–H groups in total. The quantitative estimate of drug-likeness (QED) is 0.942. The maximum Gasteiger partial charge on any atom is 0.150 e. The van der Waals surface area contributed by atoms with Crippen molar-refractivity contribution < 1.29 is 0 Å². The van der Waals surface area contributed by atoms with Crippen LogP contribution < -0.4 is 15.1 Å². The molecule has 5 heteroatoms. The topological polar surface area (TPSA) is 44.3 Å². The van der Waals surface area contributed by atoms with E-state index in [-0.39, 0.29) is 0 Å². The minimum atomic E-state index is 0.420. The van der Waals surface area contributed by atoms with Gasteiger partial charge in [-0.25, -0.2) is 4.98 Å². The van der Waals surface area contributed by atoms with Gasteiger partial charge in [0.05, 0.1) is 18.4 Å². The van der Waals surface area contributed by atoms with E-state index in [0.29, 0.717) is 6.04 Å². The number of anilines is 2. The van der Waals surface area contributed by atoms with Crippen molar-refractivity contribution >= 4 is 11.6 Å². The van der Waals surface area contributed by atoms with Crippen molar-refractivity contribution in [3.63, 3.8) is 0 Å². The number of benzene rings is 1. The van der Waals surface area contributed by atoms with E-state index in [4.69, 9.17) is 4.98 Å². The molecule has 0 aliphatic carbocycles. The predicted octanol–water partition coefficient (Wildman–Crippen LogP) is 2.23. The Labute approximate surface area is 137 Å². The van der Waals surface area contributed by atoms with Gasteiger partial charge in [-0.3, -0.25) is 4.98 Å². The number of piperazine rings is 1. The van der Waals surface area contributed by atoms with E-state index in [1.165, 1.54) is 18.4 Å². The van der Waals surface area contributed by atoms with Crippen LogP contribution >= 0.6 is 0 Å². The summed E-state index contributed by atoms with van der Waals surface area (Å²) >= 11 is 0. The molecule has 0 radical (unpaired) electrons. The molecule has 23 heavy (non-hydrogen) atoms. The van der Waals surface area contributed by atoms with Crippen LogP contribution in [0.1, 0.15) is 24.4 Å². The third-order valence-corrected chi connectivity index (χ3v) is 4.78. The van der Waals surface area contributed by atoms with Crippen LogP contribution in [0.4, 0.5) is 11.6 Å². The molecule has 120 valence electrons. The van der Waals surface area contributed by atoms with Crippen LogP contribution in [0.15, 0.2) is 42.7 Å². The molecule has 0 amide bonds. The maximum atomic E-state index is 4.92. The number of aromatic nitrogens is 2. The number of hydrogen-bond donors (Lipinski definition) is 1. The Bertz CT molecular complexity index is 639. The molecule has 1 atom stereocenters. The highest BCUT2D eigenvalue weighted by Gasteiger charge is 2.27. The molecule has 2 aliphatic heterocycles. The van der Waals surface area contributed by atoms with Gasteiger partial charge in [0, 0.05) is 32.7 Å². The fraction of sp³-hybridized carbons (Fsp3) is 0.444. The SMILES string of the molecule is c1ccc(C2CCCN2c2cncc(N3CCNCC3)n2)cc1. The highest BCUT2D eigenvalue weighted by atomic mass is 15.3. The molecule has 4 rings (SSSR count). The van der Waals surface area contributed by atoms with E-state index in [0.717, 1.165) is 44.4 Å². The maximum absolute atomic E-state index is 4.92. The van der Waals surface area contributed by atoms with Crippen LogP contribution in [0.5, 0.6) is 0 Å². The minimum absolute atomic E-state index is 0.420. The number of rotatable bonds is 3. The van der Waals surface area contributed by atoms with Crippen LogP contribution in [0.3, 0.4) is 0 Å². The summed E-state index contributed by atoms with van der Waals surface area (Å²) in [6.07, 6.45) is 6.19. The average Bonchev–Trinajstić information content (AvgIpc) is 3.13. The van der Waals surface area contributed by atoms with Crippen molar-refractivity contribution in [3.05, 3.63) is 48.3 Å². The molecule has 5 nitrogen and oxygen atoms in total. The zero-order chi connectivity index (χ0) is 15.5. The lowest BCUT2D eigenvalue weighted by Crippen LogP contribution is -2.44. The van der Waals surface area contributed by atoms with E-state index < -0.39 is 0 Å². The molecule has 0 saturated carbocycles. The van der Waals surface area contributed by atoms with Gasteiger partial charge in [0.25, 0.3) is 0 Å². The van der Waals surface area contributed by atoms with Crippen molar-refractivity contribution in [3.8, 4) is 0 Å². The molecule has 1 aromatic heterocycles. The Morgan fingerprint density at radius 1 is 0.957 bits per heavy atom. The predicted molar refractivity (Wildman–Crippen MR) is 92.9 cm³/mol. The molecular formula is C18H23N5. The summed E-state index contributed by atoms with van der Waals surface area (Å²) < 4.78 is 0. The zero-order valence-electron chi connectivity index (χ0n) is 13.4. The second kappa shape index (κ2) is 6.54. The lowest BCUT2D eigenvalue weighted by atomic mass is 10.0. The summed E-state index contributed by atoms with van der Waals surface area (Å²) in [5.41, 5.74) is 1.37. The molecule has 0 spiro atoms. The molecule has 1 aromatic carbocycles. The lowest BCUT2D eigenvalue weighted by molar-refractivity contribution is 0.583. The fourth-order valence-electron chi connectivity index (χ4n) is 3.59. The van der Waals surface area contributed by atoms with E-state index in [9.17, 15) is 0 Å². The first-order valence-corrected chi connectivity index (χ1v) is 8.51. The van der Waals surface area contributed by atoms with Crippen LogP contribution in [0.2, 0.25) is 0 Å². The van der Waals surface area contributed by atoms with Crippen molar-refractivity contribution in [2.75, 3.05) is 42.5 Å². The normalized spacial score (nSPS) is 21.7. The molecule has 2 saturated heterocycles. The van der Waals surface area contributed by atoms with Crippen LogP contribution in [0.25, 0.3) is 0 Å². The van der Waals surface area contributed by atoms with E-state index in [1.807, 2.05) is 12.4 Å². The Balaban J connectivity index is 1.59. The fourth-order valence-corrected chi connectivity index (χ4v) is 3.59. The largest absolute Gasteiger partial charge is 0.353 e. The number of hydrogen-bond acceptors (Lipinski definition) is 5. The van der Waals surface area contributed by atoms with Gasteiger partial charge in [-0.2, -0.15) is 0 Å². The zero-order valence-corrected chi connectivity index (χ0v) is 13.4. The Morgan fingerprint density at radius 3 is 2.57 bits per heavy atom. The molecule has 2 aromatic rings. The van der Waals surface area contributed by atoms with Gasteiger partial charge in [-0.05, 0) is 18.4 Å². The average molecular weight is 309 g/mol. The van der Waals surface area contributed by atoms with Crippen molar-refractivity contribution in [2.45, 2.75) is 18.9 Å². The second-order valence-corrected chi connectivity index (χ2v) is 6.23. The van der Waals surface area contributed by atoms with E-state index in [2.05, 4.69) is 50.4 Å². The first kappa shape index (κ1) is 14.5. The summed E-state index contributed by atoms with van der Waals surface area (Å²) in [4.78, 5) is 14.1. The van der Waals surface area contributed by atoms with Crippen LogP contribution in [0, 0.1) is 0 Å². The Hall–Kier alpha value is -2.14.